The van der Waals surface area contributed by atoms with Crippen LogP contribution in [0.15, 0.2) is 71.2 Å². The van der Waals surface area contributed by atoms with Crippen LogP contribution >= 0.6 is 11.8 Å². The number of benzene rings is 1. The van der Waals surface area contributed by atoms with E-state index in [1.54, 1.807) is 11.8 Å². The molecule has 3 rings (SSSR count). The quantitative estimate of drug-likeness (QED) is 0.755. The molecule has 0 radical (unpaired) electrons. The van der Waals surface area contributed by atoms with Crippen LogP contribution in [0, 0.1) is 6.92 Å². The van der Waals surface area contributed by atoms with E-state index in [0.29, 0.717) is 0 Å². The zero-order valence-corrected chi connectivity index (χ0v) is 13.2. The summed E-state index contributed by atoms with van der Waals surface area (Å²) in [7, 11) is 0. The van der Waals surface area contributed by atoms with Crippen molar-refractivity contribution >= 4 is 17.3 Å². The van der Waals surface area contributed by atoms with Crippen molar-refractivity contribution in [2.24, 2.45) is 0 Å². The van der Waals surface area contributed by atoms with E-state index < -0.39 is 0 Å². The lowest BCUT2D eigenvalue weighted by Crippen LogP contribution is -2.17. The Balaban J connectivity index is 2.08. The monoisotopic (exact) mass is 293 g/mol. The number of hydrogen-bond acceptors (Lipinski definition) is 2. The summed E-state index contributed by atoms with van der Waals surface area (Å²) in [5, 5.41) is 5.55. The second kappa shape index (κ2) is 5.82. The van der Waals surface area contributed by atoms with E-state index in [1.807, 2.05) is 12.3 Å². The minimum Gasteiger partial charge on any atom is -0.381 e. The maximum absolute atomic E-state index is 4.20. The lowest BCUT2D eigenvalue weighted by atomic mass is 9.93. The number of dihydropyridines is 1. The number of thioether (sulfide) groups is 1. The van der Waals surface area contributed by atoms with Crippen molar-refractivity contribution < 1.29 is 0 Å². The summed E-state index contributed by atoms with van der Waals surface area (Å²) < 4.78 is 0. The van der Waals surface area contributed by atoms with Crippen LogP contribution in [0.3, 0.4) is 0 Å². The highest BCUT2D eigenvalue weighted by Gasteiger charge is 2.16. The molecule has 2 aliphatic heterocycles. The third-order valence-corrected chi connectivity index (χ3v) is 4.67. The average molecular weight is 293 g/mol. The van der Waals surface area contributed by atoms with Gasteiger partial charge in [-0.15, -0.1) is 0 Å². The first-order valence-corrected chi connectivity index (χ1v) is 7.98. The Morgan fingerprint density at radius 3 is 2.81 bits per heavy atom. The molecule has 2 heteroatoms. The van der Waals surface area contributed by atoms with Crippen molar-refractivity contribution in [1.29, 1.82) is 0 Å². The fourth-order valence-electron chi connectivity index (χ4n) is 2.63. The van der Waals surface area contributed by atoms with Crippen LogP contribution in [-0.2, 0) is 0 Å². The van der Waals surface area contributed by atoms with Crippen LogP contribution < -0.4 is 5.32 Å². The maximum Gasteiger partial charge on any atom is 0.0701 e. The number of nitrogens with one attached hydrogen (secondary N) is 1. The van der Waals surface area contributed by atoms with Gasteiger partial charge in [0.2, 0.25) is 0 Å². The molecule has 1 aromatic carbocycles. The third-order valence-electron chi connectivity index (χ3n) is 3.78. The number of fused-ring (bicyclic) bond motifs is 1. The molecule has 1 aromatic rings. The first-order chi connectivity index (χ1) is 10.1. The molecule has 2 aliphatic rings. The SMILES string of the molecule is C=C1/C=C\C=C/Sc2cc(C)c(C3C=C(C)C=CN3)cc21. The molecule has 21 heavy (non-hydrogen) atoms. The highest BCUT2D eigenvalue weighted by molar-refractivity contribution is 8.02. The average Bonchev–Trinajstić information content (AvgIpc) is 2.45. The largest absolute Gasteiger partial charge is 0.381 e. The lowest BCUT2D eigenvalue weighted by molar-refractivity contribution is 0.732. The summed E-state index contributed by atoms with van der Waals surface area (Å²) in [6.45, 7) is 8.52. The van der Waals surface area contributed by atoms with E-state index >= 15 is 0 Å². The van der Waals surface area contributed by atoms with Gasteiger partial charge in [-0.05, 0) is 65.9 Å². The Morgan fingerprint density at radius 2 is 2.00 bits per heavy atom. The molecule has 1 nitrogen and oxygen atoms in total. The van der Waals surface area contributed by atoms with Gasteiger partial charge in [-0.1, -0.05) is 48.2 Å². The van der Waals surface area contributed by atoms with Crippen LogP contribution in [0.25, 0.3) is 5.57 Å². The van der Waals surface area contributed by atoms with E-state index in [-0.39, 0.29) is 6.04 Å². The summed E-state index contributed by atoms with van der Waals surface area (Å²) in [5.41, 5.74) is 6.21. The van der Waals surface area contributed by atoms with Crippen LogP contribution in [0.4, 0.5) is 0 Å². The molecule has 0 amide bonds. The van der Waals surface area contributed by atoms with Gasteiger partial charge in [0, 0.05) is 4.90 Å². The van der Waals surface area contributed by atoms with Gasteiger partial charge in [-0.3, -0.25) is 0 Å². The van der Waals surface area contributed by atoms with E-state index in [4.69, 9.17) is 0 Å². The minimum absolute atomic E-state index is 0.239. The highest BCUT2D eigenvalue weighted by Crippen LogP contribution is 2.35. The smallest absolute Gasteiger partial charge is 0.0701 e. The van der Waals surface area contributed by atoms with Crippen molar-refractivity contribution in [2.45, 2.75) is 24.8 Å². The Bertz CT molecular complexity index is 705. The van der Waals surface area contributed by atoms with Crippen molar-refractivity contribution in [1.82, 2.24) is 5.32 Å². The van der Waals surface area contributed by atoms with Crippen molar-refractivity contribution in [2.75, 3.05) is 0 Å². The minimum atomic E-state index is 0.239. The first kappa shape index (κ1) is 14.0. The van der Waals surface area contributed by atoms with Crippen molar-refractivity contribution in [3.8, 4) is 0 Å². The van der Waals surface area contributed by atoms with E-state index in [2.05, 4.69) is 67.6 Å². The molecular weight excluding hydrogens is 274 g/mol. The zero-order valence-electron chi connectivity index (χ0n) is 12.4. The van der Waals surface area contributed by atoms with E-state index in [1.165, 1.54) is 27.2 Å². The number of rotatable bonds is 1. The summed E-state index contributed by atoms with van der Waals surface area (Å²) in [5.74, 6) is 0. The molecule has 0 bridgehead atoms. The zero-order chi connectivity index (χ0) is 14.8. The number of aryl methyl sites for hydroxylation is 1. The lowest BCUT2D eigenvalue weighted by Gasteiger charge is -2.22. The highest BCUT2D eigenvalue weighted by atomic mass is 32.2. The van der Waals surface area contributed by atoms with Gasteiger partial charge in [0.1, 0.15) is 0 Å². The fraction of sp³-hybridized carbons (Fsp3) is 0.158. The molecule has 0 aliphatic carbocycles. The first-order valence-electron chi connectivity index (χ1n) is 7.10. The molecule has 0 spiro atoms. The Morgan fingerprint density at radius 1 is 1.14 bits per heavy atom. The van der Waals surface area contributed by atoms with Crippen LogP contribution in [-0.4, -0.2) is 0 Å². The second-order valence-corrected chi connectivity index (χ2v) is 6.37. The molecule has 2 heterocycles. The molecule has 0 aromatic heterocycles. The van der Waals surface area contributed by atoms with Gasteiger partial charge >= 0.3 is 0 Å². The molecule has 0 fully saturated rings. The fourth-order valence-corrected chi connectivity index (χ4v) is 3.51. The Kier molecular flexibility index (Phi) is 3.89. The standard InChI is InChI=1S/C19H19NS/c1-13-7-8-20-18(10-13)16-12-17-14(2)6-4-5-9-21-19(17)11-15(16)3/h4-12,18,20H,2H2,1,3H3/b6-4-,9-5-. The Hall–Kier alpha value is -1.93. The predicted octanol–water partition coefficient (Wildman–Crippen LogP) is 5.29. The topological polar surface area (TPSA) is 12.0 Å². The molecule has 1 N–H and O–H groups in total. The maximum atomic E-state index is 4.20. The van der Waals surface area contributed by atoms with Gasteiger partial charge in [0.25, 0.3) is 0 Å². The molecule has 1 atom stereocenters. The Labute approximate surface area is 130 Å². The molecule has 0 saturated carbocycles. The van der Waals surface area contributed by atoms with Gasteiger partial charge in [-0.25, -0.2) is 0 Å². The van der Waals surface area contributed by atoms with E-state index in [9.17, 15) is 0 Å². The van der Waals surface area contributed by atoms with Gasteiger partial charge in [0.05, 0.1) is 6.04 Å². The summed E-state index contributed by atoms with van der Waals surface area (Å²) in [6.07, 6.45) is 12.6. The van der Waals surface area contributed by atoms with Crippen molar-refractivity contribution in [3.05, 3.63) is 83.0 Å². The number of allylic oxidation sites excluding steroid dienone is 6. The molecule has 1 unspecified atom stereocenters. The second-order valence-electron chi connectivity index (χ2n) is 5.42. The summed E-state index contributed by atoms with van der Waals surface area (Å²) >= 11 is 1.75. The van der Waals surface area contributed by atoms with Crippen molar-refractivity contribution in [3.63, 3.8) is 0 Å². The van der Waals surface area contributed by atoms with Gasteiger partial charge in [-0.2, -0.15) is 0 Å². The molecule has 0 saturated heterocycles. The molecular formula is C19H19NS. The van der Waals surface area contributed by atoms with Crippen LogP contribution in [0.1, 0.15) is 29.7 Å². The molecule has 106 valence electrons. The van der Waals surface area contributed by atoms with Crippen LogP contribution in [0.5, 0.6) is 0 Å². The normalized spacial score (nSPS) is 23.4. The predicted molar refractivity (Wildman–Crippen MR) is 93.1 cm³/mol. The van der Waals surface area contributed by atoms with Gasteiger partial charge in [0.15, 0.2) is 0 Å². The van der Waals surface area contributed by atoms with Crippen LogP contribution in [0.2, 0.25) is 0 Å². The van der Waals surface area contributed by atoms with Gasteiger partial charge < -0.3 is 5.32 Å². The van der Waals surface area contributed by atoms with E-state index in [0.717, 1.165) is 5.57 Å². The third kappa shape index (κ3) is 2.91. The number of hydrogen-bond donors (Lipinski definition) is 1. The summed E-state index contributed by atoms with van der Waals surface area (Å²) in [6, 6.07) is 4.79. The summed E-state index contributed by atoms with van der Waals surface area (Å²) in [4.78, 5) is 1.27.